The molecule has 0 saturated carbocycles. The summed E-state index contributed by atoms with van der Waals surface area (Å²) in [7, 11) is 0. The van der Waals surface area contributed by atoms with Gasteiger partial charge in [-0.05, 0) is 43.2 Å². The van der Waals surface area contributed by atoms with Crippen molar-refractivity contribution in [2.24, 2.45) is 0 Å². The van der Waals surface area contributed by atoms with Crippen LogP contribution in [0.2, 0.25) is 5.02 Å². The molecule has 2 aromatic carbocycles. The van der Waals surface area contributed by atoms with Crippen LogP contribution in [0.25, 0.3) is 0 Å². The number of amides is 1. The third-order valence-corrected chi connectivity index (χ3v) is 4.28. The van der Waals surface area contributed by atoms with Crippen LogP contribution in [0, 0.1) is 11.3 Å². The van der Waals surface area contributed by atoms with Gasteiger partial charge in [0, 0.05) is 18.1 Å². The van der Waals surface area contributed by atoms with Gasteiger partial charge in [-0.3, -0.25) is 4.79 Å². The zero-order valence-electron chi connectivity index (χ0n) is 13.7. The first kappa shape index (κ1) is 17.1. The first-order valence-electron chi connectivity index (χ1n) is 8.13. The third kappa shape index (κ3) is 4.23. The van der Waals surface area contributed by atoms with E-state index >= 15 is 0 Å². The van der Waals surface area contributed by atoms with E-state index in [1.807, 2.05) is 18.2 Å². The molecule has 1 fully saturated rings. The lowest BCUT2D eigenvalue weighted by Crippen LogP contribution is -2.24. The highest BCUT2D eigenvalue weighted by molar-refractivity contribution is 6.31. The summed E-state index contributed by atoms with van der Waals surface area (Å²) in [6, 6.07) is 14.4. The lowest BCUT2D eigenvalue weighted by molar-refractivity contribution is -0.118. The van der Waals surface area contributed by atoms with Gasteiger partial charge in [-0.15, -0.1) is 0 Å². The number of para-hydroxylation sites is 1. The quantitative estimate of drug-likeness (QED) is 0.885. The molecule has 0 spiro atoms. The second-order valence-corrected chi connectivity index (χ2v) is 6.24. The number of halogens is 1. The monoisotopic (exact) mass is 355 g/mol. The lowest BCUT2D eigenvalue weighted by atomic mass is 10.2. The molecule has 1 aliphatic rings. The number of ether oxygens (including phenoxy) is 1. The maximum absolute atomic E-state index is 12.3. The van der Waals surface area contributed by atoms with Crippen LogP contribution in [0.3, 0.4) is 0 Å². The van der Waals surface area contributed by atoms with Gasteiger partial charge in [-0.1, -0.05) is 23.7 Å². The highest BCUT2D eigenvalue weighted by Crippen LogP contribution is 2.31. The van der Waals surface area contributed by atoms with Gasteiger partial charge >= 0.3 is 0 Å². The van der Waals surface area contributed by atoms with Gasteiger partial charge in [-0.25, -0.2) is 0 Å². The molecule has 1 amide bonds. The van der Waals surface area contributed by atoms with Crippen molar-refractivity contribution in [3.05, 3.63) is 53.1 Å². The fourth-order valence-corrected chi connectivity index (χ4v) is 3.03. The molecule has 0 aromatic heterocycles. The van der Waals surface area contributed by atoms with Crippen molar-refractivity contribution in [3.63, 3.8) is 0 Å². The van der Waals surface area contributed by atoms with Gasteiger partial charge in [0.05, 0.1) is 16.9 Å². The summed E-state index contributed by atoms with van der Waals surface area (Å²) >= 11 is 6.08. The van der Waals surface area contributed by atoms with E-state index in [1.165, 1.54) is 0 Å². The second-order valence-electron chi connectivity index (χ2n) is 5.80. The average molecular weight is 356 g/mol. The second kappa shape index (κ2) is 7.91. The number of nitriles is 1. The Balaban J connectivity index is 1.68. The Morgan fingerprint density at radius 3 is 2.76 bits per heavy atom. The number of nitrogens with one attached hydrogen (secondary N) is 1. The number of hydrogen-bond donors (Lipinski definition) is 1. The molecule has 0 aliphatic carbocycles. The SMILES string of the molecule is N#Cc1ccccc1OCC(=O)Nc1cc(Cl)ccc1N1CCCC1. The van der Waals surface area contributed by atoms with Gasteiger partial charge in [0.2, 0.25) is 0 Å². The predicted octanol–water partition coefficient (Wildman–Crippen LogP) is 3.83. The van der Waals surface area contributed by atoms with Gasteiger partial charge in [-0.2, -0.15) is 5.26 Å². The van der Waals surface area contributed by atoms with E-state index in [-0.39, 0.29) is 12.5 Å². The number of carbonyl (C=O) groups excluding carboxylic acids is 1. The van der Waals surface area contributed by atoms with Crippen molar-refractivity contribution in [1.29, 1.82) is 5.26 Å². The summed E-state index contributed by atoms with van der Waals surface area (Å²) < 4.78 is 5.48. The molecule has 0 bridgehead atoms. The van der Waals surface area contributed by atoms with Crippen LogP contribution in [0.15, 0.2) is 42.5 Å². The predicted molar refractivity (Wildman–Crippen MR) is 98.2 cm³/mol. The number of rotatable bonds is 5. The lowest BCUT2D eigenvalue weighted by Gasteiger charge is -2.22. The minimum atomic E-state index is -0.296. The van der Waals surface area contributed by atoms with Crippen LogP contribution < -0.4 is 15.0 Å². The van der Waals surface area contributed by atoms with Crippen molar-refractivity contribution in [3.8, 4) is 11.8 Å². The summed E-state index contributed by atoms with van der Waals surface area (Å²) in [4.78, 5) is 14.5. The molecule has 3 rings (SSSR count). The number of hydrogen-bond acceptors (Lipinski definition) is 4. The van der Waals surface area contributed by atoms with Crippen molar-refractivity contribution in [2.45, 2.75) is 12.8 Å². The van der Waals surface area contributed by atoms with E-state index < -0.39 is 0 Å². The van der Waals surface area contributed by atoms with E-state index in [1.54, 1.807) is 30.3 Å². The molecule has 5 nitrogen and oxygen atoms in total. The highest BCUT2D eigenvalue weighted by Gasteiger charge is 2.17. The first-order valence-corrected chi connectivity index (χ1v) is 8.51. The molecule has 1 heterocycles. The largest absolute Gasteiger partial charge is 0.482 e. The third-order valence-electron chi connectivity index (χ3n) is 4.05. The molecular weight excluding hydrogens is 338 g/mol. The van der Waals surface area contributed by atoms with E-state index in [9.17, 15) is 4.79 Å². The van der Waals surface area contributed by atoms with Crippen LogP contribution >= 0.6 is 11.6 Å². The van der Waals surface area contributed by atoms with Crippen molar-refractivity contribution in [2.75, 3.05) is 29.9 Å². The molecule has 6 heteroatoms. The highest BCUT2D eigenvalue weighted by atomic mass is 35.5. The summed E-state index contributed by atoms with van der Waals surface area (Å²) in [5.41, 5.74) is 2.04. The molecule has 1 saturated heterocycles. The zero-order valence-corrected chi connectivity index (χ0v) is 14.4. The maximum Gasteiger partial charge on any atom is 0.262 e. The Bertz CT molecular complexity index is 811. The summed E-state index contributed by atoms with van der Waals surface area (Å²) in [5.74, 6) is 0.0986. The molecule has 0 radical (unpaired) electrons. The summed E-state index contributed by atoms with van der Waals surface area (Å²) in [5, 5.41) is 12.5. The fourth-order valence-electron chi connectivity index (χ4n) is 2.86. The zero-order chi connectivity index (χ0) is 17.6. The van der Waals surface area contributed by atoms with Crippen LogP contribution in [-0.2, 0) is 4.79 Å². The van der Waals surface area contributed by atoms with E-state index in [0.717, 1.165) is 31.6 Å². The van der Waals surface area contributed by atoms with Crippen molar-refractivity contribution >= 4 is 28.9 Å². The molecule has 128 valence electrons. The summed E-state index contributed by atoms with van der Waals surface area (Å²) in [6.07, 6.45) is 2.29. The topological polar surface area (TPSA) is 65.4 Å². The van der Waals surface area contributed by atoms with Crippen LogP contribution in [0.5, 0.6) is 5.75 Å². The van der Waals surface area contributed by atoms with Gasteiger partial charge in [0.15, 0.2) is 6.61 Å². The number of nitrogens with zero attached hydrogens (tertiary/aromatic N) is 2. The Kier molecular flexibility index (Phi) is 5.42. The Labute approximate surface area is 151 Å². The van der Waals surface area contributed by atoms with Gasteiger partial charge in [0.1, 0.15) is 11.8 Å². The van der Waals surface area contributed by atoms with E-state index in [4.69, 9.17) is 21.6 Å². The van der Waals surface area contributed by atoms with Crippen LogP contribution in [0.4, 0.5) is 11.4 Å². The molecule has 25 heavy (non-hydrogen) atoms. The molecule has 2 aromatic rings. The molecular formula is C19H18ClN3O2. The number of carbonyl (C=O) groups is 1. The fraction of sp³-hybridized carbons (Fsp3) is 0.263. The van der Waals surface area contributed by atoms with Gasteiger partial charge in [0.25, 0.3) is 5.91 Å². The molecule has 1 aliphatic heterocycles. The van der Waals surface area contributed by atoms with Crippen molar-refractivity contribution in [1.82, 2.24) is 0 Å². The number of benzene rings is 2. The smallest absolute Gasteiger partial charge is 0.262 e. The molecule has 0 atom stereocenters. The normalized spacial score (nSPS) is 13.4. The van der Waals surface area contributed by atoms with Crippen LogP contribution in [-0.4, -0.2) is 25.6 Å². The number of anilines is 2. The Morgan fingerprint density at radius 1 is 1.24 bits per heavy atom. The van der Waals surface area contributed by atoms with E-state index in [2.05, 4.69) is 10.2 Å². The Hall–Kier alpha value is -2.71. The first-order chi connectivity index (χ1) is 12.2. The minimum Gasteiger partial charge on any atom is -0.482 e. The van der Waals surface area contributed by atoms with Gasteiger partial charge < -0.3 is 15.0 Å². The average Bonchev–Trinajstić information content (AvgIpc) is 3.14. The summed E-state index contributed by atoms with van der Waals surface area (Å²) in [6.45, 7) is 1.76. The van der Waals surface area contributed by atoms with Crippen molar-refractivity contribution < 1.29 is 9.53 Å². The van der Waals surface area contributed by atoms with Crippen LogP contribution in [0.1, 0.15) is 18.4 Å². The Morgan fingerprint density at radius 2 is 2.00 bits per heavy atom. The maximum atomic E-state index is 12.3. The standard InChI is InChI=1S/C19H18ClN3O2/c20-15-7-8-17(23-9-3-4-10-23)16(11-15)22-19(24)13-25-18-6-2-1-5-14(18)12-21/h1-2,5-8,11H,3-4,9-10,13H2,(H,22,24). The molecule has 1 N–H and O–H groups in total. The van der Waals surface area contributed by atoms with E-state index in [0.29, 0.717) is 22.0 Å². The molecule has 0 unspecified atom stereocenters. The minimum absolute atomic E-state index is 0.176.